The van der Waals surface area contributed by atoms with E-state index in [-0.39, 0.29) is 24.2 Å². The van der Waals surface area contributed by atoms with Gasteiger partial charge in [-0.3, -0.25) is 20.0 Å². The summed E-state index contributed by atoms with van der Waals surface area (Å²) >= 11 is 0. The summed E-state index contributed by atoms with van der Waals surface area (Å²) in [5.74, 6) is 1.80. The number of ether oxygens (including phenoxy) is 3. The molecule has 0 saturated heterocycles. The Balaban J connectivity index is 1.72. The molecule has 1 unspecified atom stereocenters. The molecule has 2 aromatic carbocycles. The lowest BCUT2D eigenvalue weighted by Gasteiger charge is -2.18. The number of carbonyl (C=O) groups is 2. The second kappa shape index (κ2) is 10.3. The number of carbonyl (C=O) groups excluding carboxylic acids is 2. The van der Waals surface area contributed by atoms with Gasteiger partial charge in [0, 0.05) is 13.0 Å². The van der Waals surface area contributed by atoms with E-state index < -0.39 is 6.04 Å². The van der Waals surface area contributed by atoms with E-state index in [9.17, 15) is 9.59 Å². The van der Waals surface area contributed by atoms with Crippen molar-refractivity contribution in [2.24, 2.45) is 0 Å². The van der Waals surface area contributed by atoms with Gasteiger partial charge < -0.3 is 19.5 Å². The number of methoxy groups -OCH3 is 3. The maximum Gasteiger partial charge on any atom is 0.249 e. The number of nitrogens with zero attached hydrogens (tertiary/aromatic N) is 2. The first kappa shape index (κ1) is 22.6. The molecule has 3 aromatic rings. The summed E-state index contributed by atoms with van der Waals surface area (Å²) < 4.78 is 15.7. The zero-order valence-corrected chi connectivity index (χ0v) is 18.3. The summed E-state index contributed by atoms with van der Waals surface area (Å²) in [6.45, 7) is 1.40. The molecule has 0 fully saturated rings. The van der Waals surface area contributed by atoms with E-state index in [2.05, 4.69) is 25.8 Å². The van der Waals surface area contributed by atoms with E-state index in [4.69, 9.17) is 14.2 Å². The largest absolute Gasteiger partial charge is 0.497 e. The first-order valence-corrected chi connectivity index (χ1v) is 9.79. The molecule has 10 nitrogen and oxygen atoms in total. The van der Waals surface area contributed by atoms with Crippen LogP contribution in [0.2, 0.25) is 0 Å². The minimum Gasteiger partial charge on any atom is -0.497 e. The third kappa shape index (κ3) is 5.54. The predicted molar refractivity (Wildman–Crippen MR) is 118 cm³/mol. The normalized spacial score (nSPS) is 11.4. The molecule has 0 aliphatic carbocycles. The van der Waals surface area contributed by atoms with E-state index in [1.807, 2.05) is 0 Å². The molecular weight excluding hydrogens is 414 g/mol. The summed E-state index contributed by atoms with van der Waals surface area (Å²) in [7, 11) is 4.68. The predicted octanol–water partition coefficient (Wildman–Crippen LogP) is 2.70. The lowest BCUT2D eigenvalue weighted by Crippen LogP contribution is -2.29. The average Bonchev–Trinajstić information content (AvgIpc) is 3.25. The van der Waals surface area contributed by atoms with E-state index in [1.54, 1.807) is 63.8 Å². The van der Waals surface area contributed by atoms with Crippen molar-refractivity contribution < 1.29 is 23.8 Å². The molecule has 0 spiro atoms. The van der Waals surface area contributed by atoms with Crippen molar-refractivity contribution in [1.29, 1.82) is 0 Å². The van der Waals surface area contributed by atoms with E-state index in [0.717, 1.165) is 5.56 Å². The number of aromatic nitrogens is 3. The second-order valence-corrected chi connectivity index (χ2v) is 6.85. The third-order valence-electron chi connectivity index (χ3n) is 4.69. The van der Waals surface area contributed by atoms with Crippen LogP contribution in [0.25, 0.3) is 11.4 Å². The third-order valence-corrected chi connectivity index (χ3v) is 4.69. The first-order valence-electron chi connectivity index (χ1n) is 9.79. The van der Waals surface area contributed by atoms with Crippen molar-refractivity contribution in [2.75, 3.05) is 26.6 Å². The number of nitrogens with one attached hydrogen (secondary N) is 3. The summed E-state index contributed by atoms with van der Waals surface area (Å²) in [5, 5.41) is 12.3. The maximum atomic E-state index is 12.6. The van der Waals surface area contributed by atoms with Gasteiger partial charge in [-0.25, -0.2) is 0 Å². The molecule has 32 heavy (non-hydrogen) atoms. The molecule has 3 rings (SSSR count). The zero-order chi connectivity index (χ0) is 23.1. The van der Waals surface area contributed by atoms with E-state index in [1.165, 1.54) is 6.92 Å². The van der Waals surface area contributed by atoms with Crippen LogP contribution in [0.4, 0.5) is 5.95 Å². The van der Waals surface area contributed by atoms with Gasteiger partial charge in [0.1, 0.15) is 17.2 Å². The Bertz CT molecular complexity index is 1080. The molecule has 0 saturated carbocycles. The van der Waals surface area contributed by atoms with Crippen LogP contribution < -0.4 is 24.8 Å². The minimum absolute atomic E-state index is 0.00163. The van der Waals surface area contributed by atoms with Gasteiger partial charge >= 0.3 is 0 Å². The zero-order valence-electron chi connectivity index (χ0n) is 18.3. The van der Waals surface area contributed by atoms with Gasteiger partial charge in [0.2, 0.25) is 17.8 Å². The highest BCUT2D eigenvalue weighted by molar-refractivity contribution is 5.90. The second-order valence-electron chi connectivity index (χ2n) is 6.85. The lowest BCUT2D eigenvalue weighted by atomic mass is 10.0. The van der Waals surface area contributed by atoms with E-state index in [0.29, 0.717) is 28.6 Å². The Labute approximate surface area is 185 Å². The number of aromatic amines is 1. The molecular formula is C22H25N5O5. The summed E-state index contributed by atoms with van der Waals surface area (Å²) in [5.41, 5.74) is 1.44. The fraction of sp³-hybridized carbons (Fsp3) is 0.273. The van der Waals surface area contributed by atoms with Crippen molar-refractivity contribution in [3.8, 4) is 28.6 Å². The summed E-state index contributed by atoms with van der Waals surface area (Å²) in [6, 6.07) is 11.9. The molecule has 0 aliphatic rings. The van der Waals surface area contributed by atoms with Crippen LogP contribution >= 0.6 is 0 Å². The van der Waals surface area contributed by atoms with Crippen molar-refractivity contribution >= 4 is 17.8 Å². The Hall–Kier alpha value is -4.08. The highest BCUT2D eigenvalue weighted by Gasteiger charge is 2.19. The number of hydrogen-bond donors (Lipinski definition) is 3. The molecule has 10 heteroatoms. The standard InChI is InChI=1S/C22H25N5O5/c1-13(28)23-18(14-5-7-15(30-2)8-6-14)12-20(29)24-22-25-21(26-27-22)17-10-9-16(31-3)11-19(17)32-4/h5-11,18H,12H2,1-4H3,(H,23,28)(H2,24,25,26,27,29). The Kier molecular flexibility index (Phi) is 7.27. The van der Waals surface area contributed by atoms with Gasteiger partial charge in [-0.15, -0.1) is 5.10 Å². The van der Waals surface area contributed by atoms with Crippen molar-refractivity contribution in [3.05, 3.63) is 48.0 Å². The van der Waals surface area contributed by atoms with Crippen LogP contribution in [0, 0.1) is 0 Å². The quantitative estimate of drug-likeness (QED) is 0.468. The number of benzene rings is 2. The van der Waals surface area contributed by atoms with Gasteiger partial charge in [-0.1, -0.05) is 12.1 Å². The maximum absolute atomic E-state index is 12.6. The smallest absolute Gasteiger partial charge is 0.249 e. The molecule has 0 radical (unpaired) electrons. The van der Waals surface area contributed by atoms with Gasteiger partial charge in [0.15, 0.2) is 5.82 Å². The summed E-state index contributed by atoms with van der Waals surface area (Å²) in [6.07, 6.45) is 0.00163. The molecule has 1 atom stereocenters. The van der Waals surface area contributed by atoms with Crippen LogP contribution in [0.15, 0.2) is 42.5 Å². The van der Waals surface area contributed by atoms with Crippen LogP contribution in [0.3, 0.4) is 0 Å². The van der Waals surface area contributed by atoms with Crippen LogP contribution in [0.5, 0.6) is 17.2 Å². The van der Waals surface area contributed by atoms with Gasteiger partial charge in [-0.2, -0.15) is 4.98 Å². The van der Waals surface area contributed by atoms with Crippen molar-refractivity contribution in [2.45, 2.75) is 19.4 Å². The van der Waals surface area contributed by atoms with Gasteiger partial charge in [0.05, 0.1) is 39.4 Å². The molecule has 0 bridgehead atoms. The number of rotatable bonds is 9. The Morgan fingerprint density at radius 3 is 2.31 bits per heavy atom. The van der Waals surface area contributed by atoms with Crippen LogP contribution in [-0.4, -0.2) is 48.3 Å². The highest BCUT2D eigenvalue weighted by Crippen LogP contribution is 2.31. The number of anilines is 1. The van der Waals surface area contributed by atoms with E-state index >= 15 is 0 Å². The lowest BCUT2D eigenvalue weighted by molar-refractivity contribution is -0.120. The monoisotopic (exact) mass is 439 g/mol. The average molecular weight is 439 g/mol. The Morgan fingerprint density at radius 1 is 1.00 bits per heavy atom. The fourth-order valence-corrected chi connectivity index (χ4v) is 3.13. The van der Waals surface area contributed by atoms with Crippen LogP contribution in [0.1, 0.15) is 24.9 Å². The molecule has 168 valence electrons. The molecule has 1 aromatic heterocycles. The Morgan fingerprint density at radius 2 is 1.69 bits per heavy atom. The van der Waals surface area contributed by atoms with Crippen molar-refractivity contribution in [3.63, 3.8) is 0 Å². The highest BCUT2D eigenvalue weighted by atomic mass is 16.5. The minimum atomic E-state index is -0.515. The molecule has 2 amide bonds. The molecule has 0 aliphatic heterocycles. The number of H-pyrrole nitrogens is 1. The number of amides is 2. The van der Waals surface area contributed by atoms with Crippen molar-refractivity contribution in [1.82, 2.24) is 20.5 Å². The molecule has 3 N–H and O–H groups in total. The van der Waals surface area contributed by atoms with Crippen LogP contribution in [-0.2, 0) is 9.59 Å². The molecule has 1 heterocycles. The SMILES string of the molecule is COc1ccc(C(CC(=O)Nc2n[nH]c(-c3ccc(OC)cc3OC)n2)NC(C)=O)cc1. The van der Waals surface area contributed by atoms with Gasteiger partial charge in [-0.05, 0) is 29.8 Å². The fourth-order valence-electron chi connectivity index (χ4n) is 3.13. The van der Waals surface area contributed by atoms with Gasteiger partial charge in [0.25, 0.3) is 0 Å². The first-order chi connectivity index (χ1) is 15.4. The summed E-state index contributed by atoms with van der Waals surface area (Å²) in [4.78, 5) is 28.6. The topological polar surface area (TPSA) is 127 Å². The number of hydrogen-bond acceptors (Lipinski definition) is 7.